The summed E-state index contributed by atoms with van der Waals surface area (Å²) in [6, 6.07) is 4.38. The summed E-state index contributed by atoms with van der Waals surface area (Å²) < 4.78 is 0. The zero-order valence-electron chi connectivity index (χ0n) is 11.7. The van der Waals surface area contributed by atoms with Crippen molar-refractivity contribution >= 4 is 11.6 Å². The Hall–Kier alpha value is -1.95. The first kappa shape index (κ1) is 14.5. The fourth-order valence-corrected chi connectivity index (χ4v) is 2.37. The Bertz CT molecular complexity index is 555. The van der Waals surface area contributed by atoms with Crippen molar-refractivity contribution in [1.29, 1.82) is 0 Å². The van der Waals surface area contributed by atoms with Crippen molar-refractivity contribution in [3.05, 3.63) is 39.4 Å². The van der Waals surface area contributed by atoms with Crippen LogP contribution in [0.1, 0.15) is 35.7 Å². The third-order valence-corrected chi connectivity index (χ3v) is 3.96. The van der Waals surface area contributed by atoms with Crippen molar-refractivity contribution in [3.63, 3.8) is 0 Å². The number of nitrogens with zero attached hydrogens (tertiary/aromatic N) is 1. The van der Waals surface area contributed by atoms with Gasteiger partial charge in [0.15, 0.2) is 0 Å². The predicted octanol–water partition coefficient (Wildman–Crippen LogP) is 1.76. The molecule has 1 saturated carbocycles. The summed E-state index contributed by atoms with van der Waals surface area (Å²) in [6.45, 7) is 3.95. The van der Waals surface area contributed by atoms with Crippen LogP contribution in [0.15, 0.2) is 18.2 Å². The van der Waals surface area contributed by atoms with Crippen LogP contribution in [0.25, 0.3) is 0 Å². The lowest BCUT2D eigenvalue weighted by atomic mass is 9.95. The van der Waals surface area contributed by atoms with Crippen molar-refractivity contribution in [2.75, 3.05) is 6.54 Å². The molecule has 1 aromatic rings. The third kappa shape index (κ3) is 2.80. The third-order valence-electron chi connectivity index (χ3n) is 3.96. The molecule has 0 aromatic heterocycles. The van der Waals surface area contributed by atoms with E-state index in [1.807, 2.05) is 6.92 Å². The number of nitro benzene ring substituents is 1. The molecule has 1 unspecified atom stereocenters. The highest BCUT2D eigenvalue weighted by Gasteiger charge is 2.41. The molecule has 0 bridgehead atoms. The summed E-state index contributed by atoms with van der Waals surface area (Å²) >= 11 is 0. The monoisotopic (exact) mass is 277 g/mol. The zero-order chi connectivity index (χ0) is 14.9. The minimum absolute atomic E-state index is 0.0188. The first-order chi connectivity index (χ1) is 9.37. The van der Waals surface area contributed by atoms with Crippen LogP contribution in [-0.4, -0.2) is 22.9 Å². The van der Waals surface area contributed by atoms with E-state index < -0.39 is 10.5 Å². The summed E-state index contributed by atoms with van der Waals surface area (Å²) in [4.78, 5) is 22.6. The number of amides is 1. The van der Waals surface area contributed by atoms with Crippen molar-refractivity contribution in [2.24, 2.45) is 11.7 Å². The van der Waals surface area contributed by atoms with Crippen molar-refractivity contribution in [1.82, 2.24) is 5.32 Å². The standard InChI is InChI=1S/C14H19N3O3/c1-9-7-10(3-6-12(9)17(19)20)13(18)16-14(2,8-15)11-4-5-11/h3,6-7,11H,4-5,8,15H2,1-2H3,(H,16,18). The van der Waals surface area contributed by atoms with E-state index in [9.17, 15) is 14.9 Å². The Kier molecular flexibility index (Phi) is 3.76. The molecular weight excluding hydrogens is 258 g/mol. The number of carbonyl (C=O) groups is 1. The average Bonchev–Trinajstić information content (AvgIpc) is 3.22. The molecule has 0 radical (unpaired) electrons. The number of nitro groups is 1. The lowest BCUT2D eigenvalue weighted by molar-refractivity contribution is -0.385. The van der Waals surface area contributed by atoms with Gasteiger partial charge in [0, 0.05) is 23.7 Å². The van der Waals surface area contributed by atoms with Crippen LogP contribution < -0.4 is 11.1 Å². The Morgan fingerprint density at radius 3 is 2.65 bits per heavy atom. The van der Waals surface area contributed by atoms with E-state index in [0.29, 0.717) is 23.6 Å². The van der Waals surface area contributed by atoms with E-state index in [2.05, 4.69) is 5.32 Å². The molecule has 6 heteroatoms. The Balaban J connectivity index is 2.17. The fourth-order valence-electron chi connectivity index (χ4n) is 2.37. The molecule has 6 nitrogen and oxygen atoms in total. The first-order valence-corrected chi connectivity index (χ1v) is 6.65. The number of hydrogen-bond acceptors (Lipinski definition) is 4. The highest BCUT2D eigenvalue weighted by molar-refractivity contribution is 5.95. The summed E-state index contributed by atoms with van der Waals surface area (Å²) in [5, 5.41) is 13.7. The molecule has 3 N–H and O–H groups in total. The molecule has 0 aliphatic heterocycles. The highest BCUT2D eigenvalue weighted by atomic mass is 16.6. The van der Waals surface area contributed by atoms with Gasteiger partial charge in [-0.25, -0.2) is 0 Å². The van der Waals surface area contributed by atoms with Crippen molar-refractivity contribution < 1.29 is 9.72 Å². The summed E-state index contributed by atoms with van der Waals surface area (Å²) in [7, 11) is 0. The molecular formula is C14H19N3O3. The van der Waals surface area contributed by atoms with Crippen LogP contribution in [-0.2, 0) is 0 Å². The minimum Gasteiger partial charge on any atom is -0.345 e. The van der Waals surface area contributed by atoms with E-state index in [1.165, 1.54) is 18.2 Å². The second-order valence-electron chi connectivity index (χ2n) is 5.61. The van der Waals surface area contributed by atoms with Crippen molar-refractivity contribution in [3.8, 4) is 0 Å². The molecule has 1 aromatic carbocycles. The van der Waals surface area contributed by atoms with Crippen LogP contribution in [0, 0.1) is 23.0 Å². The maximum Gasteiger partial charge on any atom is 0.272 e. The van der Waals surface area contributed by atoms with Crippen LogP contribution in [0.5, 0.6) is 0 Å². The molecule has 0 heterocycles. The Labute approximate surface area is 117 Å². The number of nitrogens with two attached hydrogens (primary N) is 1. The number of rotatable bonds is 5. The van der Waals surface area contributed by atoms with E-state index in [0.717, 1.165) is 12.8 Å². The van der Waals surface area contributed by atoms with Gasteiger partial charge in [-0.05, 0) is 44.7 Å². The molecule has 2 rings (SSSR count). The average molecular weight is 277 g/mol. The van der Waals surface area contributed by atoms with Gasteiger partial charge in [-0.2, -0.15) is 0 Å². The molecule has 0 spiro atoms. The van der Waals surface area contributed by atoms with Gasteiger partial charge >= 0.3 is 0 Å². The molecule has 1 fully saturated rings. The maximum atomic E-state index is 12.2. The van der Waals surface area contributed by atoms with Crippen LogP contribution in [0.2, 0.25) is 0 Å². The first-order valence-electron chi connectivity index (χ1n) is 6.65. The second-order valence-corrected chi connectivity index (χ2v) is 5.61. The van der Waals surface area contributed by atoms with E-state index >= 15 is 0 Å². The number of hydrogen-bond donors (Lipinski definition) is 2. The lowest BCUT2D eigenvalue weighted by Crippen LogP contribution is -2.53. The normalized spacial score (nSPS) is 17.4. The van der Waals surface area contributed by atoms with E-state index in [4.69, 9.17) is 5.73 Å². The largest absolute Gasteiger partial charge is 0.345 e. The van der Waals surface area contributed by atoms with Gasteiger partial charge in [-0.3, -0.25) is 14.9 Å². The summed E-state index contributed by atoms with van der Waals surface area (Å²) in [5.74, 6) is 0.193. The van der Waals surface area contributed by atoms with E-state index in [1.54, 1.807) is 6.92 Å². The molecule has 1 atom stereocenters. The molecule has 1 aliphatic rings. The number of benzene rings is 1. The van der Waals surface area contributed by atoms with Gasteiger partial charge in [-0.1, -0.05) is 0 Å². The van der Waals surface area contributed by atoms with Gasteiger partial charge in [-0.15, -0.1) is 0 Å². The number of nitrogens with one attached hydrogen (secondary N) is 1. The fraction of sp³-hybridized carbons (Fsp3) is 0.500. The van der Waals surface area contributed by atoms with Gasteiger partial charge in [0.1, 0.15) is 0 Å². The van der Waals surface area contributed by atoms with Crippen LogP contribution in [0.4, 0.5) is 5.69 Å². The van der Waals surface area contributed by atoms with Gasteiger partial charge in [0.05, 0.1) is 10.5 Å². The van der Waals surface area contributed by atoms with E-state index in [-0.39, 0.29) is 11.6 Å². The zero-order valence-corrected chi connectivity index (χ0v) is 11.7. The molecule has 108 valence electrons. The van der Waals surface area contributed by atoms with Gasteiger partial charge in [0.2, 0.25) is 0 Å². The SMILES string of the molecule is Cc1cc(C(=O)NC(C)(CN)C2CC2)ccc1[N+](=O)[O-]. The van der Waals surface area contributed by atoms with Crippen LogP contribution in [0.3, 0.4) is 0 Å². The minimum atomic E-state index is -0.453. The predicted molar refractivity (Wildman–Crippen MR) is 75.5 cm³/mol. The number of carbonyl (C=O) groups excluding carboxylic acids is 1. The van der Waals surface area contributed by atoms with Gasteiger partial charge < -0.3 is 11.1 Å². The highest BCUT2D eigenvalue weighted by Crippen LogP contribution is 2.39. The lowest BCUT2D eigenvalue weighted by Gasteiger charge is -2.29. The summed E-state index contributed by atoms with van der Waals surface area (Å²) in [6.07, 6.45) is 2.15. The Morgan fingerprint density at radius 2 is 2.20 bits per heavy atom. The quantitative estimate of drug-likeness (QED) is 0.633. The molecule has 20 heavy (non-hydrogen) atoms. The smallest absolute Gasteiger partial charge is 0.272 e. The molecule has 0 saturated heterocycles. The molecule has 1 amide bonds. The number of aryl methyl sites for hydroxylation is 1. The van der Waals surface area contributed by atoms with Crippen molar-refractivity contribution in [2.45, 2.75) is 32.2 Å². The topological polar surface area (TPSA) is 98.3 Å². The Morgan fingerprint density at radius 1 is 1.55 bits per heavy atom. The van der Waals surface area contributed by atoms with Gasteiger partial charge in [0.25, 0.3) is 11.6 Å². The van der Waals surface area contributed by atoms with Crippen LogP contribution >= 0.6 is 0 Å². The summed E-state index contributed by atoms with van der Waals surface area (Å²) in [5.41, 5.74) is 6.29. The molecule has 1 aliphatic carbocycles. The second kappa shape index (κ2) is 5.20. The maximum absolute atomic E-state index is 12.2.